The van der Waals surface area contributed by atoms with Crippen LogP contribution in [0, 0.1) is 12.3 Å². The van der Waals surface area contributed by atoms with Crippen molar-refractivity contribution in [3.05, 3.63) is 41.5 Å². The van der Waals surface area contributed by atoms with Crippen LogP contribution in [0.4, 0.5) is 0 Å². The highest BCUT2D eigenvalue weighted by atomic mass is 32.2. The van der Waals surface area contributed by atoms with Gasteiger partial charge in [0.25, 0.3) is 0 Å². The molecule has 7 nitrogen and oxygen atoms in total. The van der Waals surface area contributed by atoms with Crippen molar-refractivity contribution in [2.75, 3.05) is 0 Å². The minimum Gasteiger partial charge on any atom is -0.505 e. The molecular weight excluding hydrogens is 354 g/mol. The molecule has 0 amide bonds. The number of hydrogen-bond donors (Lipinski definition) is 2. The van der Waals surface area contributed by atoms with E-state index in [1.165, 1.54) is 4.80 Å². The van der Waals surface area contributed by atoms with Crippen molar-refractivity contribution >= 4 is 23.1 Å². The summed E-state index contributed by atoms with van der Waals surface area (Å²) in [5, 5.41) is 31.5. The zero-order chi connectivity index (χ0) is 18.9. The van der Waals surface area contributed by atoms with Gasteiger partial charge in [-0.2, -0.15) is 0 Å². The number of fused-ring (bicyclic) bond motifs is 1. The minimum absolute atomic E-state index is 0.0473. The molecule has 3 aromatic rings. The van der Waals surface area contributed by atoms with Crippen LogP contribution >= 0.6 is 12.0 Å². The number of nitrogens with zero attached hydrogens (tertiary/aromatic N) is 3. The van der Waals surface area contributed by atoms with Crippen LogP contribution in [-0.2, 0) is 15.8 Å². The standard InChI is InChI=1S/C18H21N3O4S/c1-11-7-12(10-18(2,3)4)17(22)16(8-11)21-19-14-6-5-13(26-25-24-23)9-15(14)20-21/h5-9,22-23H,10H2,1-4H3. The van der Waals surface area contributed by atoms with Gasteiger partial charge in [0.15, 0.2) is 0 Å². The van der Waals surface area contributed by atoms with Crippen molar-refractivity contribution in [2.45, 2.75) is 39.0 Å². The lowest BCUT2D eigenvalue weighted by Gasteiger charge is -2.20. The number of phenolic OH excluding ortho intramolecular Hbond substituents is 1. The first kappa shape index (κ1) is 18.7. The summed E-state index contributed by atoms with van der Waals surface area (Å²) in [7, 11) is 0. The second-order valence-electron chi connectivity index (χ2n) is 7.40. The Morgan fingerprint density at radius 1 is 1.12 bits per heavy atom. The third-order valence-corrected chi connectivity index (χ3v) is 4.34. The summed E-state index contributed by atoms with van der Waals surface area (Å²) in [6.45, 7) is 8.38. The number of aromatic nitrogens is 3. The lowest BCUT2D eigenvalue weighted by Crippen LogP contribution is -2.11. The molecule has 0 fully saturated rings. The maximum atomic E-state index is 10.8. The van der Waals surface area contributed by atoms with Gasteiger partial charge in [0.1, 0.15) is 22.5 Å². The average molecular weight is 375 g/mol. The fourth-order valence-corrected chi connectivity index (χ4v) is 3.19. The zero-order valence-corrected chi connectivity index (χ0v) is 15.9. The van der Waals surface area contributed by atoms with E-state index in [-0.39, 0.29) is 11.2 Å². The molecule has 0 bridgehead atoms. The van der Waals surface area contributed by atoms with Gasteiger partial charge in [-0.25, -0.2) is 5.26 Å². The van der Waals surface area contributed by atoms with Crippen molar-refractivity contribution < 1.29 is 19.7 Å². The van der Waals surface area contributed by atoms with Crippen molar-refractivity contribution in [1.29, 1.82) is 0 Å². The molecule has 0 aliphatic rings. The Hall–Kier alpha value is -2.13. The highest BCUT2D eigenvalue weighted by Gasteiger charge is 2.19. The van der Waals surface area contributed by atoms with E-state index in [1.54, 1.807) is 18.2 Å². The Kier molecular flexibility index (Phi) is 5.19. The van der Waals surface area contributed by atoms with Crippen LogP contribution in [0.5, 0.6) is 5.75 Å². The fourth-order valence-electron chi connectivity index (χ4n) is 2.80. The quantitative estimate of drug-likeness (QED) is 0.387. The van der Waals surface area contributed by atoms with Crippen LogP contribution in [0.1, 0.15) is 31.9 Å². The van der Waals surface area contributed by atoms with Gasteiger partial charge in [0, 0.05) is 4.90 Å². The molecule has 0 aliphatic heterocycles. The van der Waals surface area contributed by atoms with Crippen molar-refractivity contribution in [2.24, 2.45) is 5.41 Å². The summed E-state index contributed by atoms with van der Waals surface area (Å²) in [4.78, 5) is 2.14. The first-order valence-corrected chi connectivity index (χ1v) is 8.86. The molecule has 3 rings (SSSR count). The van der Waals surface area contributed by atoms with Crippen LogP contribution < -0.4 is 0 Å². The van der Waals surface area contributed by atoms with Crippen LogP contribution in [0.2, 0.25) is 0 Å². The van der Waals surface area contributed by atoms with Crippen LogP contribution in [0.25, 0.3) is 16.7 Å². The first-order chi connectivity index (χ1) is 12.3. The number of phenols is 1. The Bertz CT molecular complexity index is 934. The molecule has 0 atom stereocenters. The van der Waals surface area contributed by atoms with E-state index >= 15 is 0 Å². The fraction of sp³-hybridized carbons (Fsp3) is 0.333. The first-order valence-electron chi connectivity index (χ1n) is 8.11. The molecule has 0 radical (unpaired) electrons. The number of aromatic hydroxyl groups is 1. The third kappa shape index (κ3) is 4.16. The molecular formula is C18H21N3O4S. The molecule has 138 valence electrons. The van der Waals surface area contributed by atoms with E-state index in [2.05, 4.69) is 40.3 Å². The minimum atomic E-state index is 0.0473. The Balaban J connectivity index is 2.03. The topological polar surface area (TPSA) is 89.6 Å². The van der Waals surface area contributed by atoms with E-state index in [1.807, 2.05) is 19.1 Å². The summed E-state index contributed by atoms with van der Waals surface area (Å²) >= 11 is 0.856. The normalized spacial score (nSPS) is 12.0. The second-order valence-corrected chi connectivity index (χ2v) is 8.17. The van der Waals surface area contributed by atoms with Gasteiger partial charge < -0.3 is 5.11 Å². The number of hydrogen-bond acceptors (Lipinski definition) is 7. The molecule has 0 aliphatic carbocycles. The molecule has 0 saturated carbocycles. The SMILES string of the molecule is Cc1cc(CC(C)(C)C)c(O)c(-n2nc3ccc(SOOO)cc3n2)c1. The highest BCUT2D eigenvalue weighted by molar-refractivity contribution is 7.94. The molecule has 0 unspecified atom stereocenters. The lowest BCUT2D eigenvalue weighted by atomic mass is 9.87. The summed E-state index contributed by atoms with van der Waals surface area (Å²) < 4.78 is 4.43. The monoisotopic (exact) mass is 375 g/mol. The van der Waals surface area contributed by atoms with Gasteiger partial charge in [0.2, 0.25) is 0 Å². The van der Waals surface area contributed by atoms with Crippen molar-refractivity contribution in [3.8, 4) is 11.4 Å². The molecule has 8 heteroatoms. The van der Waals surface area contributed by atoms with Gasteiger partial charge in [-0.15, -0.1) is 19.3 Å². The van der Waals surface area contributed by atoms with Crippen LogP contribution in [-0.4, -0.2) is 25.4 Å². The van der Waals surface area contributed by atoms with Gasteiger partial charge in [0.05, 0.1) is 12.0 Å². The Morgan fingerprint density at radius 3 is 2.54 bits per heavy atom. The summed E-state index contributed by atoms with van der Waals surface area (Å²) in [5.41, 5.74) is 3.81. The van der Waals surface area contributed by atoms with Crippen molar-refractivity contribution in [1.82, 2.24) is 15.0 Å². The average Bonchev–Trinajstić information content (AvgIpc) is 2.97. The zero-order valence-electron chi connectivity index (χ0n) is 15.1. The number of benzene rings is 2. The maximum absolute atomic E-state index is 10.8. The van der Waals surface area contributed by atoms with Crippen molar-refractivity contribution in [3.63, 3.8) is 0 Å². The molecule has 2 N–H and O–H groups in total. The van der Waals surface area contributed by atoms with Gasteiger partial charge in [-0.1, -0.05) is 31.9 Å². The van der Waals surface area contributed by atoms with Crippen LogP contribution in [0.15, 0.2) is 35.2 Å². The predicted octanol–water partition coefficient (Wildman–Crippen LogP) is 4.45. The van der Waals surface area contributed by atoms with Gasteiger partial charge in [-0.05, 0) is 54.2 Å². The van der Waals surface area contributed by atoms with E-state index in [4.69, 9.17) is 5.26 Å². The molecule has 1 aromatic heterocycles. The predicted molar refractivity (Wildman–Crippen MR) is 99.1 cm³/mol. The third-order valence-electron chi connectivity index (χ3n) is 3.76. The van der Waals surface area contributed by atoms with Crippen LogP contribution in [0.3, 0.4) is 0 Å². The summed E-state index contributed by atoms with van der Waals surface area (Å²) in [6.07, 6.45) is 0.744. The highest BCUT2D eigenvalue weighted by Crippen LogP contribution is 2.33. The largest absolute Gasteiger partial charge is 0.505 e. The van der Waals surface area contributed by atoms with E-state index in [0.717, 1.165) is 29.6 Å². The number of rotatable bonds is 5. The Labute approximate surface area is 155 Å². The van der Waals surface area contributed by atoms with E-state index in [9.17, 15) is 5.11 Å². The number of aryl methyl sites for hydroxylation is 1. The molecule has 0 spiro atoms. The molecule has 1 heterocycles. The van der Waals surface area contributed by atoms with Gasteiger partial charge >= 0.3 is 0 Å². The maximum Gasteiger partial charge on any atom is 0.146 e. The van der Waals surface area contributed by atoms with E-state index in [0.29, 0.717) is 21.6 Å². The summed E-state index contributed by atoms with van der Waals surface area (Å²) in [6, 6.07) is 9.16. The Morgan fingerprint density at radius 2 is 1.85 bits per heavy atom. The van der Waals surface area contributed by atoms with E-state index < -0.39 is 0 Å². The molecule has 2 aromatic carbocycles. The molecule has 26 heavy (non-hydrogen) atoms. The van der Waals surface area contributed by atoms with Gasteiger partial charge in [-0.3, -0.25) is 0 Å². The smallest absolute Gasteiger partial charge is 0.146 e. The lowest BCUT2D eigenvalue weighted by molar-refractivity contribution is -0.432. The summed E-state index contributed by atoms with van der Waals surface area (Å²) in [5.74, 6) is 0.192. The second kappa shape index (κ2) is 7.24. The molecule has 0 saturated heterocycles.